The van der Waals surface area contributed by atoms with Crippen molar-refractivity contribution >= 4 is 17.5 Å². The third-order valence-corrected chi connectivity index (χ3v) is 5.89. The van der Waals surface area contributed by atoms with Crippen LogP contribution in [0.25, 0.3) is 5.69 Å². The van der Waals surface area contributed by atoms with E-state index in [9.17, 15) is 9.59 Å². The zero-order valence-corrected chi connectivity index (χ0v) is 18.6. The van der Waals surface area contributed by atoms with Crippen LogP contribution in [0.3, 0.4) is 0 Å². The van der Waals surface area contributed by atoms with Gasteiger partial charge in [-0.15, -0.1) is 0 Å². The number of nitrogens with zero attached hydrogens (tertiary/aromatic N) is 4. The van der Waals surface area contributed by atoms with Gasteiger partial charge in [-0.2, -0.15) is 0 Å². The molecule has 0 spiro atoms. The third-order valence-electron chi connectivity index (χ3n) is 5.89. The van der Waals surface area contributed by atoms with Gasteiger partial charge < -0.3 is 19.7 Å². The van der Waals surface area contributed by atoms with E-state index in [4.69, 9.17) is 0 Å². The van der Waals surface area contributed by atoms with Gasteiger partial charge in [-0.25, -0.2) is 0 Å². The number of nitrogens with one attached hydrogen (secondary N) is 1. The summed E-state index contributed by atoms with van der Waals surface area (Å²) in [6.45, 7) is 1.58. The lowest BCUT2D eigenvalue weighted by Crippen LogP contribution is -2.45. The van der Waals surface area contributed by atoms with E-state index in [1.807, 2.05) is 78.3 Å². The molecule has 3 aromatic rings. The summed E-state index contributed by atoms with van der Waals surface area (Å²) in [5, 5.41) is 3.04. The Hall–Kier alpha value is -3.61. The molecule has 3 heterocycles. The maximum absolute atomic E-state index is 13.2. The van der Waals surface area contributed by atoms with Crippen LogP contribution >= 0.6 is 0 Å². The molecule has 0 saturated carbocycles. The van der Waals surface area contributed by atoms with Crippen molar-refractivity contribution < 1.29 is 9.59 Å². The average Bonchev–Trinajstić information content (AvgIpc) is 3.33. The second kappa shape index (κ2) is 9.68. The fourth-order valence-electron chi connectivity index (χ4n) is 4.06. The summed E-state index contributed by atoms with van der Waals surface area (Å²) >= 11 is 0. The Morgan fingerprint density at radius 1 is 1.12 bits per heavy atom. The van der Waals surface area contributed by atoms with Gasteiger partial charge in [0.05, 0.1) is 17.8 Å². The molecular formula is C25H29N5O2. The quantitative estimate of drug-likeness (QED) is 0.651. The van der Waals surface area contributed by atoms with Crippen LogP contribution in [0.2, 0.25) is 0 Å². The number of hydrogen-bond donors (Lipinski definition) is 1. The summed E-state index contributed by atoms with van der Waals surface area (Å²) in [5.74, 6) is -0.256. The van der Waals surface area contributed by atoms with Crippen LogP contribution in [0.4, 0.5) is 5.69 Å². The van der Waals surface area contributed by atoms with Crippen LogP contribution in [-0.4, -0.2) is 53.5 Å². The van der Waals surface area contributed by atoms with Crippen LogP contribution in [0, 0.1) is 5.92 Å². The second-order valence-corrected chi connectivity index (χ2v) is 8.34. The van der Waals surface area contributed by atoms with Gasteiger partial charge in [-0.1, -0.05) is 12.1 Å². The third kappa shape index (κ3) is 4.82. The van der Waals surface area contributed by atoms with Crippen LogP contribution in [0.5, 0.6) is 0 Å². The minimum atomic E-state index is -0.199. The van der Waals surface area contributed by atoms with Crippen molar-refractivity contribution in [3.63, 3.8) is 0 Å². The van der Waals surface area contributed by atoms with Gasteiger partial charge in [-0.05, 0) is 54.8 Å². The van der Waals surface area contributed by atoms with Crippen molar-refractivity contribution in [3.05, 3.63) is 78.4 Å². The molecule has 1 fully saturated rings. The summed E-state index contributed by atoms with van der Waals surface area (Å²) in [6.07, 6.45) is 6.90. The molecule has 0 radical (unpaired) electrons. The molecule has 0 unspecified atom stereocenters. The van der Waals surface area contributed by atoms with Crippen molar-refractivity contribution in [1.29, 1.82) is 0 Å². The van der Waals surface area contributed by atoms with E-state index in [1.165, 1.54) is 0 Å². The topological polar surface area (TPSA) is 70.5 Å². The Balaban J connectivity index is 1.37. The molecule has 2 amide bonds. The first-order chi connectivity index (χ1) is 15.5. The first-order valence-electron chi connectivity index (χ1n) is 10.9. The Kier molecular flexibility index (Phi) is 6.54. The SMILES string of the molecule is CN(C)c1ccc(CNC(=O)[C@@H]2CCCN(C(=O)c3cccn3-c3cccnc3)C2)cc1. The lowest BCUT2D eigenvalue weighted by molar-refractivity contribution is -0.126. The lowest BCUT2D eigenvalue weighted by atomic mass is 9.96. The molecule has 2 aromatic heterocycles. The van der Waals surface area contributed by atoms with Gasteiger partial charge in [0.25, 0.3) is 5.91 Å². The molecule has 1 N–H and O–H groups in total. The lowest BCUT2D eigenvalue weighted by Gasteiger charge is -2.32. The van der Waals surface area contributed by atoms with Gasteiger partial charge in [0.2, 0.25) is 5.91 Å². The number of benzene rings is 1. The highest BCUT2D eigenvalue weighted by Gasteiger charge is 2.30. The average molecular weight is 432 g/mol. The minimum Gasteiger partial charge on any atom is -0.378 e. The summed E-state index contributed by atoms with van der Waals surface area (Å²) < 4.78 is 1.84. The molecule has 166 valence electrons. The van der Waals surface area contributed by atoms with Gasteiger partial charge in [0.15, 0.2) is 0 Å². The summed E-state index contributed by atoms with van der Waals surface area (Å²) in [7, 11) is 4.00. The number of piperidine rings is 1. The number of amides is 2. The van der Waals surface area contributed by atoms with Gasteiger partial charge in [0, 0.05) is 51.8 Å². The van der Waals surface area contributed by atoms with E-state index in [2.05, 4.69) is 10.3 Å². The summed E-state index contributed by atoms with van der Waals surface area (Å²) in [5.41, 5.74) is 3.60. The molecule has 1 saturated heterocycles. The minimum absolute atomic E-state index is 0.00169. The Labute approximate surface area is 188 Å². The molecule has 4 rings (SSSR count). The fraction of sp³-hybridized carbons (Fsp3) is 0.320. The Bertz CT molecular complexity index is 1060. The van der Waals surface area contributed by atoms with Gasteiger partial charge in [0.1, 0.15) is 5.69 Å². The molecular weight excluding hydrogens is 402 g/mol. The molecule has 32 heavy (non-hydrogen) atoms. The number of aromatic nitrogens is 2. The van der Waals surface area contributed by atoms with Crippen LogP contribution in [0.1, 0.15) is 28.9 Å². The molecule has 1 aromatic carbocycles. The molecule has 0 bridgehead atoms. The van der Waals surface area contributed by atoms with E-state index < -0.39 is 0 Å². The number of hydrogen-bond acceptors (Lipinski definition) is 4. The summed E-state index contributed by atoms with van der Waals surface area (Å²) in [4.78, 5) is 34.0. The molecule has 1 aliphatic rings. The van der Waals surface area contributed by atoms with E-state index in [0.29, 0.717) is 25.3 Å². The zero-order valence-electron chi connectivity index (χ0n) is 18.6. The van der Waals surface area contributed by atoms with Crippen molar-refractivity contribution in [2.45, 2.75) is 19.4 Å². The monoisotopic (exact) mass is 431 g/mol. The van der Waals surface area contributed by atoms with Crippen molar-refractivity contribution in [2.24, 2.45) is 5.92 Å². The predicted molar refractivity (Wildman–Crippen MR) is 125 cm³/mol. The smallest absolute Gasteiger partial charge is 0.270 e. The van der Waals surface area contributed by atoms with Crippen molar-refractivity contribution in [1.82, 2.24) is 19.8 Å². The zero-order chi connectivity index (χ0) is 22.5. The standard InChI is InChI=1S/C25H29N5O2/c1-28(2)21-11-9-19(10-12-21)16-27-24(31)20-6-4-14-29(18-20)25(32)23-8-5-15-30(23)22-7-3-13-26-17-22/h3,5,7-13,15,17,20H,4,6,14,16,18H2,1-2H3,(H,27,31)/t20-/m1/s1. The largest absolute Gasteiger partial charge is 0.378 e. The second-order valence-electron chi connectivity index (χ2n) is 8.34. The number of likely N-dealkylation sites (tertiary alicyclic amines) is 1. The Morgan fingerprint density at radius 2 is 1.94 bits per heavy atom. The van der Waals surface area contributed by atoms with Gasteiger partial charge in [-0.3, -0.25) is 14.6 Å². The number of carbonyl (C=O) groups is 2. The maximum atomic E-state index is 13.2. The van der Waals surface area contributed by atoms with Crippen LogP contribution in [0.15, 0.2) is 67.1 Å². The maximum Gasteiger partial charge on any atom is 0.270 e. The molecule has 0 aliphatic carbocycles. The number of rotatable bonds is 6. The van der Waals surface area contributed by atoms with Crippen LogP contribution in [-0.2, 0) is 11.3 Å². The highest BCUT2D eigenvalue weighted by Crippen LogP contribution is 2.21. The molecule has 7 heteroatoms. The fourth-order valence-corrected chi connectivity index (χ4v) is 4.06. The highest BCUT2D eigenvalue weighted by atomic mass is 16.2. The first kappa shape index (κ1) is 21.6. The van der Waals surface area contributed by atoms with E-state index >= 15 is 0 Å². The van der Waals surface area contributed by atoms with E-state index in [0.717, 1.165) is 29.8 Å². The van der Waals surface area contributed by atoms with Crippen molar-refractivity contribution in [3.8, 4) is 5.69 Å². The molecule has 7 nitrogen and oxygen atoms in total. The molecule has 1 aliphatic heterocycles. The predicted octanol–water partition coefficient (Wildman–Crippen LogP) is 3.11. The Morgan fingerprint density at radius 3 is 2.66 bits per heavy atom. The van der Waals surface area contributed by atoms with E-state index in [1.54, 1.807) is 17.3 Å². The molecule has 1 atom stereocenters. The highest BCUT2D eigenvalue weighted by molar-refractivity contribution is 5.94. The number of carbonyl (C=O) groups excluding carboxylic acids is 2. The van der Waals surface area contributed by atoms with Crippen molar-refractivity contribution in [2.75, 3.05) is 32.1 Å². The van der Waals surface area contributed by atoms with Crippen LogP contribution < -0.4 is 10.2 Å². The summed E-state index contributed by atoms with van der Waals surface area (Å²) in [6, 6.07) is 15.6. The number of anilines is 1. The van der Waals surface area contributed by atoms with E-state index in [-0.39, 0.29) is 17.7 Å². The number of pyridine rings is 1. The normalized spacial score (nSPS) is 15.9. The van der Waals surface area contributed by atoms with Gasteiger partial charge >= 0.3 is 0 Å². The first-order valence-corrected chi connectivity index (χ1v) is 10.9.